The van der Waals surface area contributed by atoms with Crippen LogP contribution in [0, 0.1) is 5.92 Å². The molecule has 0 aromatic heterocycles. The molecule has 0 radical (unpaired) electrons. The van der Waals surface area contributed by atoms with E-state index in [1.807, 2.05) is 0 Å². The molecule has 0 aromatic carbocycles. The van der Waals surface area contributed by atoms with Gasteiger partial charge in [0.25, 0.3) is 0 Å². The maximum atomic E-state index is 6.66. The van der Waals surface area contributed by atoms with Crippen LogP contribution in [0.3, 0.4) is 0 Å². The number of allylic oxidation sites excluding steroid dienone is 2. The summed E-state index contributed by atoms with van der Waals surface area (Å²) in [4.78, 5) is -1.22. The smallest absolute Gasteiger partial charge is 0.109 e. The molecule has 1 atom stereocenters. The highest BCUT2D eigenvalue weighted by atomic mass is 35.5. The monoisotopic (exact) mass is 388 g/mol. The SMILES string of the molecule is ClC1=C(Cl)C(Cl)(C2CCCCC2)C(Cl)(Cl)C1(Cl)Cl. The normalized spacial score (nSPS) is 36.2. The second-order valence-corrected chi connectivity index (χ2v) is 8.83. The Kier molecular flexibility index (Phi) is 4.66. The second kappa shape index (κ2) is 5.20. The van der Waals surface area contributed by atoms with E-state index < -0.39 is 13.5 Å². The van der Waals surface area contributed by atoms with Crippen molar-refractivity contribution >= 4 is 81.2 Å². The van der Waals surface area contributed by atoms with Crippen molar-refractivity contribution in [3.8, 4) is 0 Å². The molecule has 18 heavy (non-hydrogen) atoms. The molecular formula is C11H11Cl7. The van der Waals surface area contributed by atoms with Crippen molar-refractivity contribution < 1.29 is 0 Å². The van der Waals surface area contributed by atoms with Crippen LogP contribution in [0.2, 0.25) is 0 Å². The van der Waals surface area contributed by atoms with Gasteiger partial charge in [-0.2, -0.15) is 0 Å². The summed E-state index contributed by atoms with van der Waals surface area (Å²) in [5.41, 5.74) is 0. The van der Waals surface area contributed by atoms with Gasteiger partial charge in [0, 0.05) is 0 Å². The Labute approximate surface area is 142 Å². The highest BCUT2D eigenvalue weighted by Crippen LogP contribution is 2.69. The Balaban J connectivity index is 2.48. The Morgan fingerprint density at radius 3 is 1.67 bits per heavy atom. The maximum Gasteiger partial charge on any atom is 0.189 e. The minimum Gasteiger partial charge on any atom is -0.109 e. The van der Waals surface area contributed by atoms with Gasteiger partial charge >= 0.3 is 0 Å². The fourth-order valence-electron chi connectivity index (χ4n) is 2.74. The van der Waals surface area contributed by atoms with Crippen molar-refractivity contribution in [2.24, 2.45) is 5.92 Å². The van der Waals surface area contributed by atoms with E-state index >= 15 is 0 Å². The van der Waals surface area contributed by atoms with Crippen LogP contribution in [-0.2, 0) is 0 Å². The molecule has 2 aliphatic carbocycles. The first kappa shape index (κ1) is 16.1. The lowest BCUT2D eigenvalue weighted by molar-refractivity contribution is 0.291. The molecule has 2 rings (SSSR count). The fraction of sp³-hybridized carbons (Fsp3) is 0.818. The molecule has 1 unspecified atom stereocenters. The Morgan fingerprint density at radius 1 is 0.778 bits per heavy atom. The van der Waals surface area contributed by atoms with Gasteiger partial charge in [-0.1, -0.05) is 88.9 Å². The Bertz CT molecular complexity index is 381. The van der Waals surface area contributed by atoms with E-state index in [2.05, 4.69) is 0 Å². The van der Waals surface area contributed by atoms with E-state index in [0.29, 0.717) is 0 Å². The molecule has 0 aromatic rings. The second-order valence-electron chi connectivity index (χ2n) is 4.82. The zero-order valence-corrected chi connectivity index (χ0v) is 14.6. The summed E-state index contributed by atoms with van der Waals surface area (Å²) in [5.74, 6) is 0.0172. The van der Waals surface area contributed by atoms with Gasteiger partial charge in [0.2, 0.25) is 0 Å². The molecule has 0 amide bonds. The lowest BCUT2D eigenvalue weighted by Gasteiger charge is -2.43. The van der Waals surface area contributed by atoms with Crippen LogP contribution in [0.15, 0.2) is 10.1 Å². The summed E-state index contributed by atoms with van der Waals surface area (Å²) in [5, 5.41) is 0.200. The van der Waals surface area contributed by atoms with Crippen molar-refractivity contribution in [2.75, 3.05) is 0 Å². The summed E-state index contributed by atoms with van der Waals surface area (Å²) in [6.07, 6.45) is 5.05. The summed E-state index contributed by atoms with van der Waals surface area (Å²) in [6.45, 7) is 0. The summed E-state index contributed by atoms with van der Waals surface area (Å²) < 4.78 is -3.34. The molecule has 2 aliphatic rings. The zero-order valence-electron chi connectivity index (χ0n) is 9.26. The van der Waals surface area contributed by atoms with Crippen LogP contribution in [-0.4, -0.2) is 13.5 Å². The Hall–Kier alpha value is 1.77. The van der Waals surface area contributed by atoms with Crippen molar-refractivity contribution in [3.05, 3.63) is 10.1 Å². The van der Waals surface area contributed by atoms with Crippen molar-refractivity contribution in [1.82, 2.24) is 0 Å². The number of hydrogen-bond acceptors (Lipinski definition) is 0. The van der Waals surface area contributed by atoms with Gasteiger partial charge in [0.05, 0.1) is 10.1 Å². The molecule has 0 saturated heterocycles. The molecule has 7 heteroatoms. The van der Waals surface area contributed by atoms with Crippen LogP contribution in [0.4, 0.5) is 0 Å². The molecule has 0 aliphatic heterocycles. The van der Waals surface area contributed by atoms with Crippen LogP contribution in [0.5, 0.6) is 0 Å². The average molecular weight is 391 g/mol. The van der Waals surface area contributed by atoms with E-state index in [9.17, 15) is 0 Å². The third-order valence-corrected chi connectivity index (χ3v) is 8.62. The number of rotatable bonds is 1. The average Bonchev–Trinajstić information content (AvgIpc) is 2.43. The highest BCUT2D eigenvalue weighted by molar-refractivity contribution is 6.72. The van der Waals surface area contributed by atoms with Gasteiger partial charge in [0.15, 0.2) is 8.67 Å². The lowest BCUT2D eigenvalue weighted by Crippen LogP contribution is -2.52. The first-order valence-corrected chi connectivity index (χ1v) is 8.32. The topological polar surface area (TPSA) is 0 Å². The number of alkyl halides is 5. The van der Waals surface area contributed by atoms with E-state index in [0.717, 1.165) is 25.7 Å². The largest absolute Gasteiger partial charge is 0.189 e. The molecule has 1 saturated carbocycles. The van der Waals surface area contributed by atoms with Crippen LogP contribution >= 0.6 is 81.2 Å². The standard InChI is InChI=1S/C11H11Cl7/c12-7-8(13)10(15,16)11(17,18)9(7,14)6-4-2-1-3-5-6/h6H,1-5H2. The predicted octanol–water partition coefficient (Wildman–Crippen LogP) is 6.59. The van der Waals surface area contributed by atoms with Gasteiger partial charge < -0.3 is 0 Å². The lowest BCUT2D eigenvalue weighted by atomic mass is 9.78. The third kappa shape index (κ3) is 2.02. The molecule has 0 spiro atoms. The minimum absolute atomic E-state index is 0.0172. The minimum atomic E-state index is -1.69. The fourth-order valence-corrected chi connectivity index (χ4v) is 5.53. The molecule has 0 N–H and O–H groups in total. The predicted molar refractivity (Wildman–Crippen MR) is 82.8 cm³/mol. The number of halogens is 7. The molecule has 1 fully saturated rings. The van der Waals surface area contributed by atoms with Gasteiger partial charge in [-0.3, -0.25) is 0 Å². The van der Waals surface area contributed by atoms with E-state index in [4.69, 9.17) is 81.2 Å². The Morgan fingerprint density at radius 2 is 1.28 bits per heavy atom. The zero-order chi connectivity index (χ0) is 13.8. The van der Waals surface area contributed by atoms with Crippen molar-refractivity contribution in [2.45, 2.75) is 45.6 Å². The van der Waals surface area contributed by atoms with Crippen LogP contribution < -0.4 is 0 Å². The maximum absolute atomic E-state index is 6.66. The van der Waals surface area contributed by atoms with Gasteiger partial charge in [-0.15, -0.1) is 11.6 Å². The van der Waals surface area contributed by atoms with E-state index in [-0.39, 0.29) is 16.0 Å². The summed E-state index contributed by atoms with van der Waals surface area (Å²) in [7, 11) is 0. The quantitative estimate of drug-likeness (QED) is 0.442. The molecule has 0 nitrogen and oxygen atoms in total. The third-order valence-electron chi connectivity index (χ3n) is 3.81. The highest BCUT2D eigenvalue weighted by Gasteiger charge is 2.71. The summed E-state index contributed by atoms with van der Waals surface area (Å²) >= 11 is 44.0. The van der Waals surface area contributed by atoms with E-state index in [1.54, 1.807) is 0 Å². The van der Waals surface area contributed by atoms with Gasteiger partial charge in [-0.25, -0.2) is 0 Å². The van der Waals surface area contributed by atoms with Crippen molar-refractivity contribution in [1.29, 1.82) is 0 Å². The van der Waals surface area contributed by atoms with Crippen molar-refractivity contribution in [3.63, 3.8) is 0 Å². The molecular weight excluding hydrogens is 380 g/mol. The first-order valence-electron chi connectivity index (χ1n) is 5.68. The molecule has 0 bridgehead atoms. The van der Waals surface area contributed by atoms with Crippen LogP contribution in [0.25, 0.3) is 0 Å². The first-order chi connectivity index (χ1) is 8.17. The summed E-state index contributed by atoms with van der Waals surface area (Å²) in [6, 6.07) is 0. The molecule has 104 valence electrons. The van der Waals surface area contributed by atoms with Crippen LogP contribution in [0.1, 0.15) is 32.1 Å². The molecule has 0 heterocycles. The number of hydrogen-bond donors (Lipinski definition) is 0. The van der Waals surface area contributed by atoms with Gasteiger partial charge in [0.1, 0.15) is 4.87 Å². The van der Waals surface area contributed by atoms with E-state index in [1.165, 1.54) is 6.42 Å². The van der Waals surface area contributed by atoms with Gasteiger partial charge in [-0.05, 0) is 18.8 Å².